The first-order valence-corrected chi connectivity index (χ1v) is 10.00. The van der Waals surface area contributed by atoms with E-state index in [1.54, 1.807) is 27.7 Å². The van der Waals surface area contributed by atoms with Gasteiger partial charge >= 0.3 is 17.9 Å². The zero-order valence-electron chi connectivity index (χ0n) is 18.5. The van der Waals surface area contributed by atoms with Crippen molar-refractivity contribution in [3.8, 4) is 0 Å². The van der Waals surface area contributed by atoms with E-state index in [0.717, 1.165) is 0 Å². The van der Waals surface area contributed by atoms with Gasteiger partial charge < -0.3 is 37.0 Å². The number of carboxylic acids is 3. The molecule has 13 heteroatoms. The van der Waals surface area contributed by atoms with Crippen LogP contribution in [0.3, 0.4) is 0 Å². The minimum atomic E-state index is -1.41. The van der Waals surface area contributed by atoms with E-state index in [1.165, 1.54) is 0 Å². The Labute approximate surface area is 185 Å². The van der Waals surface area contributed by atoms with Crippen LogP contribution in [0.2, 0.25) is 0 Å². The minimum Gasteiger partial charge on any atom is -0.481 e. The molecule has 0 saturated heterocycles. The summed E-state index contributed by atoms with van der Waals surface area (Å²) in [6.07, 6.45) is -1.47. The van der Waals surface area contributed by atoms with Crippen molar-refractivity contribution >= 4 is 35.6 Å². The van der Waals surface area contributed by atoms with Gasteiger partial charge in [-0.15, -0.1) is 0 Å². The van der Waals surface area contributed by atoms with Crippen molar-refractivity contribution in [2.45, 2.75) is 71.1 Å². The zero-order chi connectivity index (χ0) is 25.2. The van der Waals surface area contributed by atoms with E-state index in [-0.39, 0.29) is 6.42 Å². The smallest absolute Gasteiger partial charge is 0.326 e. The Kier molecular flexibility index (Phi) is 11.9. The maximum Gasteiger partial charge on any atom is 0.326 e. The first-order chi connectivity index (χ1) is 14.7. The van der Waals surface area contributed by atoms with E-state index in [2.05, 4.69) is 16.0 Å². The van der Waals surface area contributed by atoms with Crippen molar-refractivity contribution in [2.75, 3.05) is 0 Å². The summed E-state index contributed by atoms with van der Waals surface area (Å²) in [5.74, 6) is -7.43. The van der Waals surface area contributed by atoms with Gasteiger partial charge in [0.1, 0.15) is 18.1 Å². The van der Waals surface area contributed by atoms with Gasteiger partial charge in [0, 0.05) is 6.42 Å². The van der Waals surface area contributed by atoms with Gasteiger partial charge in [0.05, 0.1) is 12.5 Å². The molecular formula is C19H32N4O9. The van der Waals surface area contributed by atoms with Crippen LogP contribution in [-0.2, 0) is 28.8 Å². The molecule has 0 saturated carbocycles. The topological polar surface area (TPSA) is 225 Å². The lowest BCUT2D eigenvalue weighted by Gasteiger charge is -2.27. The number of amides is 3. The van der Waals surface area contributed by atoms with Gasteiger partial charge in [0.25, 0.3) is 0 Å². The number of aliphatic carboxylic acids is 3. The van der Waals surface area contributed by atoms with Crippen LogP contribution in [0, 0.1) is 11.8 Å². The van der Waals surface area contributed by atoms with Crippen molar-refractivity contribution in [1.29, 1.82) is 0 Å². The highest BCUT2D eigenvalue weighted by molar-refractivity contribution is 5.95. The summed E-state index contributed by atoms with van der Waals surface area (Å²) in [6.45, 7) is 6.29. The SMILES string of the molecule is CC(C)C(NC(=O)C(CCC(=O)O)NC(=O)C(NC(=O)C(N)CC(=O)O)C(C)C)C(=O)O. The summed E-state index contributed by atoms with van der Waals surface area (Å²) in [5.41, 5.74) is 5.50. The van der Waals surface area contributed by atoms with E-state index < -0.39 is 84.5 Å². The number of nitrogens with one attached hydrogen (secondary N) is 3. The second-order valence-corrected chi connectivity index (χ2v) is 8.00. The first-order valence-electron chi connectivity index (χ1n) is 10.00. The van der Waals surface area contributed by atoms with Crippen LogP contribution >= 0.6 is 0 Å². The van der Waals surface area contributed by atoms with Gasteiger partial charge in [-0.3, -0.25) is 24.0 Å². The predicted octanol–water partition coefficient (Wildman–Crippen LogP) is -1.50. The Morgan fingerprint density at radius 2 is 1.22 bits per heavy atom. The summed E-state index contributed by atoms with van der Waals surface area (Å²) < 4.78 is 0. The number of carbonyl (C=O) groups is 6. The summed E-state index contributed by atoms with van der Waals surface area (Å²) >= 11 is 0. The Hall–Kier alpha value is -3.22. The number of hydrogen-bond acceptors (Lipinski definition) is 7. The molecule has 0 bridgehead atoms. The third kappa shape index (κ3) is 10.2. The fraction of sp³-hybridized carbons (Fsp3) is 0.684. The molecule has 182 valence electrons. The second-order valence-electron chi connectivity index (χ2n) is 8.00. The van der Waals surface area contributed by atoms with Crippen molar-refractivity contribution < 1.29 is 44.1 Å². The molecule has 0 heterocycles. The van der Waals surface area contributed by atoms with Gasteiger partial charge in [0.15, 0.2) is 0 Å². The van der Waals surface area contributed by atoms with Crippen LogP contribution in [-0.4, -0.2) is 75.1 Å². The maximum atomic E-state index is 12.8. The van der Waals surface area contributed by atoms with Crippen molar-refractivity contribution in [3.05, 3.63) is 0 Å². The molecule has 0 aromatic heterocycles. The Morgan fingerprint density at radius 3 is 1.62 bits per heavy atom. The standard InChI is InChI=1S/C19H32N4O9/c1-8(2)14(22-16(28)10(20)7-13(26)27)18(30)21-11(5-6-12(24)25)17(29)23-15(9(3)4)19(31)32/h8-11,14-15H,5-7,20H2,1-4H3,(H,21,30)(H,22,28)(H,23,29)(H,24,25)(H,26,27)(H,31,32). The lowest BCUT2D eigenvalue weighted by Crippen LogP contribution is -2.59. The van der Waals surface area contributed by atoms with Crippen LogP contribution in [0.4, 0.5) is 0 Å². The molecule has 0 spiro atoms. The molecule has 0 aromatic carbocycles. The van der Waals surface area contributed by atoms with Crippen LogP contribution in [0.1, 0.15) is 47.0 Å². The van der Waals surface area contributed by atoms with Crippen LogP contribution in [0.5, 0.6) is 0 Å². The molecule has 4 unspecified atom stereocenters. The third-order valence-electron chi connectivity index (χ3n) is 4.49. The molecule has 0 rings (SSSR count). The molecule has 8 N–H and O–H groups in total. The van der Waals surface area contributed by atoms with Gasteiger partial charge in [-0.2, -0.15) is 0 Å². The number of carbonyl (C=O) groups excluding carboxylic acids is 3. The van der Waals surface area contributed by atoms with Crippen molar-refractivity contribution in [1.82, 2.24) is 16.0 Å². The molecule has 0 aliphatic heterocycles. The fourth-order valence-corrected chi connectivity index (χ4v) is 2.64. The highest BCUT2D eigenvalue weighted by Gasteiger charge is 2.32. The summed E-state index contributed by atoms with van der Waals surface area (Å²) in [5, 5.41) is 33.9. The van der Waals surface area contributed by atoms with Gasteiger partial charge in [-0.25, -0.2) is 4.79 Å². The Morgan fingerprint density at radius 1 is 0.719 bits per heavy atom. The molecule has 13 nitrogen and oxygen atoms in total. The molecule has 0 aliphatic rings. The quantitative estimate of drug-likeness (QED) is 0.159. The van der Waals surface area contributed by atoms with Crippen LogP contribution in [0.25, 0.3) is 0 Å². The average Bonchev–Trinajstić information content (AvgIpc) is 2.65. The van der Waals surface area contributed by atoms with Crippen LogP contribution in [0.15, 0.2) is 0 Å². The molecule has 0 fully saturated rings. The number of nitrogens with two attached hydrogens (primary N) is 1. The highest BCUT2D eigenvalue weighted by Crippen LogP contribution is 2.08. The van der Waals surface area contributed by atoms with E-state index in [4.69, 9.17) is 15.9 Å². The van der Waals surface area contributed by atoms with E-state index in [0.29, 0.717) is 0 Å². The molecule has 0 aromatic rings. The minimum absolute atomic E-state index is 0.325. The highest BCUT2D eigenvalue weighted by atomic mass is 16.4. The first kappa shape index (κ1) is 28.8. The van der Waals surface area contributed by atoms with Gasteiger partial charge in [-0.05, 0) is 18.3 Å². The van der Waals surface area contributed by atoms with E-state index in [1.807, 2.05) is 0 Å². The lowest BCUT2D eigenvalue weighted by molar-refractivity contribution is -0.144. The summed E-state index contributed by atoms with van der Waals surface area (Å²) in [4.78, 5) is 70.5. The second kappa shape index (κ2) is 13.2. The molecule has 4 atom stereocenters. The predicted molar refractivity (Wildman–Crippen MR) is 110 cm³/mol. The monoisotopic (exact) mass is 460 g/mol. The van der Waals surface area contributed by atoms with Gasteiger partial charge in [0.2, 0.25) is 17.7 Å². The number of hydrogen-bond donors (Lipinski definition) is 7. The number of carboxylic acid groups (broad SMARTS) is 3. The number of rotatable bonds is 14. The lowest BCUT2D eigenvalue weighted by atomic mass is 10.0. The van der Waals surface area contributed by atoms with Crippen LogP contribution < -0.4 is 21.7 Å². The van der Waals surface area contributed by atoms with E-state index in [9.17, 15) is 33.9 Å². The summed E-state index contributed by atoms with van der Waals surface area (Å²) in [6, 6.07) is -5.26. The normalized spacial score (nSPS) is 14.7. The Balaban J connectivity index is 5.50. The largest absolute Gasteiger partial charge is 0.481 e. The van der Waals surface area contributed by atoms with Gasteiger partial charge in [-0.1, -0.05) is 27.7 Å². The van der Waals surface area contributed by atoms with Crippen molar-refractivity contribution in [2.24, 2.45) is 17.6 Å². The van der Waals surface area contributed by atoms with E-state index >= 15 is 0 Å². The molecule has 0 radical (unpaired) electrons. The molecular weight excluding hydrogens is 428 g/mol. The van der Waals surface area contributed by atoms with Crippen molar-refractivity contribution in [3.63, 3.8) is 0 Å². The Bertz CT molecular complexity index is 724. The molecule has 0 aliphatic carbocycles. The average molecular weight is 460 g/mol. The maximum absolute atomic E-state index is 12.8. The summed E-state index contributed by atoms with van der Waals surface area (Å²) in [7, 11) is 0. The molecule has 3 amide bonds. The molecule has 32 heavy (non-hydrogen) atoms. The third-order valence-corrected chi connectivity index (χ3v) is 4.49. The fourth-order valence-electron chi connectivity index (χ4n) is 2.64. The zero-order valence-corrected chi connectivity index (χ0v) is 18.5.